The van der Waals surface area contributed by atoms with E-state index >= 15 is 0 Å². The zero-order chi connectivity index (χ0) is 22.1. The highest BCUT2D eigenvalue weighted by molar-refractivity contribution is 7.80. The lowest BCUT2D eigenvalue weighted by molar-refractivity contribution is 0.0934. The summed E-state index contributed by atoms with van der Waals surface area (Å²) in [6, 6.07) is 11.5. The molecule has 0 aliphatic heterocycles. The third kappa shape index (κ3) is 6.35. The van der Waals surface area contributed by atoms with E-state index in [1.54, 1.807) is 36.4 Å². The summed E-state index contributed by atoms with van der Waals surface area (Å²) in [5, 5.41) is 2.45. The third-order valence-corrected chi connectivity index (χ3v) is 4.37. The Kier molecular flexibility index (Phi) is 8.42. The van der Waals surface area contributed by atoms with Crippen molar-refractivity contribution >= 4 is 29.1 Å². The van der Waals surface area contributed by atoms with Crippen LogP contribution in [0.1, 0.15) is 41.0 Å². The number of benzene rings is 2. The number of carbonyl (C=O) groups is 2. The van der Waals surface area contributed by atoms with E-state index in [4.69, 9.17) is 26.4 Å². The molecule has 9 heteroatoms. The van der Waals surface area contributed by atoms with Crippen LogP contribution < -0.4 is 30.4 Å². The van der Waals surface area contributed by atoms with E-state index in [1.807, 2.05) is 13.8 Å². The van der Waals surface area contributed by atoms with Crippen LogP contribution >= 0.6 is 12.2 Å². The molecule has 0 fully saturated rings. The zero-order valence-electron chi connectivity index (χ0n) is 17.3. The fourth-order valence-corrected chi connectivity index (χ4v) is 2.54. The molecule has 0 saturated carbocycles. The zero-order valence-corrected chi connectivity index (χ0v) is 18.1. The maximum atomic E-state index is 12.4. The molecule has 0 spiro atoms. The molecule has 0 radical (unpaired) electrons. The van der Waals surface area contributed by atoms with Gasteiger partial charge in [-0.2, -0.15) is 0 Å². The summed E-state index contributed by atoms with van der Waals surface area (Å²) in [6.45, 7) is 3.97. The second-order valence-electron chi connectivity index (χ2n) is 6.30. The minimum Gasteiger partial charge on any atom is -0.493 e. The molecule has 0 heterocycles. The second kappa shape index (κ2) is 11.0. The van der Waals surface area contributed by atoms with Gasteiger partial charge in [-0.05, 0) is 62.0 Å². The van der Waals surface area contributed by atoms with Gasteiger partial charge in [0.25, 0.3) is 11.8 Å². The molecule has 160 valence electrons. The van der Waals surface area contributed by atoms with Gasteiger partial charge >= 0.3 is 0 Å². The van der Waals surface area contributed by atoms with Crippen LogP contribution in [0.3, 0.4) is 0 Å². The van der Waals surface area contributed by atoms with Crippen LogP contribution in [-0.4, -0.2) is 37.3 Å². The van der Waals surface area contributed by atoms with Gasteiger partial charge in [-0.1, -0.05) is 13.0 Å². The molecule has 0 bridgehead atoms. The minimum absolute atomic E-state index is 0.0397. The average molecular weight is 432 g/mol. The average Bonchev–Trinajstić information content (AvgIpc) is 2.76. The molecule has 0 aliphatic carbocycles. The minimum atomic E-state index is -0.462. The molecule has 1 atom stereocenters. The lowest BCUT2D eigenvalue weighted by Crippen LogP contribution is -2.48. The molecule has 2 rings (SSSR count). The first-order valence-electron chi connectivity index (χ1n) is 9.28. The van der Waals surface area contributed by atoms with Gasteiger partial charge in [0.2, 0.25) is 0 Å². The molecule has 0 saturated heterocycles. The van der Waals surface area contributed by atoms with E-state index in [0.29, 0.717) is 28.4 Å². The number of thiocarbonyl (C=S) groups is 1. The fraction of sp³-hybridized carbons (Fsp3) is 0.286. The van der Waals surface area contributed by atoms with Gasteiger partial charge in [0.1, 0.15) is 5.75 Å². The van der Waals surface area contributed by atoms with Crippen LogP contribution in [0, 0.1) is 0 Å². The standard InChI is InChI=1S/C21H25N3O5S/c1-5-13(2)29-16-8-6-7-14(11-16)19(25)22-21(30)24-23-20(26)15-9-10-17(27-3)18(12-15)28-4/h6-13H,5H2,1-4H3,(H,23,26)(H2,22,24,25,30). The fourth-order valence-electron chi connectivity index (χ4n) is 2.40. The number of rotatable bonds is 7. The normalized spacial score (nSPS) is 11.1. The van der Waals surface area contributed by atoms with Crippen molar-refractivity contribution in [1.29, 1.82) is 0 Å². The van der Waals surface area contributed by atoms with Crippen molar-refractivity contribution in [3.63, 3.8) is 0 Å². The van der Waals surface area contributed by atoms with Crippen LogP contribution in [-0.2, 0) is 0 Å². The van der Waals surface area contributed by atoms with Crippen molar-refractivity contribution in [3.8, 4) is 17.2 Å². The van der Waals surface area contributed by atoms with Crippen molar-refractivity contribution in [2.75, 3.05) is 14.2 Å². The highest BCUT2D eigenvalue weighted by atomic mass is 32.1. The van der Waals surface area contributed by atoms with Gasteiger partial charge < -0.3 is 14.2 Å². The Morgan fingerprint density at radius 2 is 1.67 bits per heavy atom. The van der Waals surface area contributed by atoms with E-state index in [0.717, 1.165) is 6.42 Å². The molecule has 1 unspecified atom stereocenters. The van der Waals surface area contributed by atoms with Crippen LogP contribution in [0.15, 0.2) is 42.5 Å². The van der Waals surface area contributed by atoms with E-state index in [9.17, 15) is 9.59 Å². The number of ether oxygens (including phenoxy) is 3. The van der Waals surface area contributed by atoms with Crippen molar-refractivity contribution in [3.05, 3.63) is 53.6 Å². The van der Waals surface area contributed by atoms with E-state index < -0.39 is 11.8 Å². The smallest absolute Gasteiger partial charge is 0.269 e. The van der Waals surface area contributed by atoms with Crippen LogP contribution in [0.25, 0.3) is 0 Å². The van der Waals surface area contributed by atoms with E-state index in [2.05, 4.69) is 16.2 Å². The summed E-state index contributed by atoms with van der Waals surface area (Å²) in [5.74, 6) is 0.626. The van der Waals surface area contributed by atoms with Crippen molar-refractivity contribution in [2.24, 2.45) is 0 Å². The molecule has 2 amide bonds. The summed E-state index contributed by atoms with van der Waals surface area (Å²) >= 11 is 5.07. The monoisotopic (exact) mass is 431 g/mol. The van der Waals surface area contributed by atoms with Gasteiger partial charge in [-0.25, -0.2) is 0 Å². The maximum absolute atomic E-state index is 12.4. The number of methoxy groups -OCH3 is 2. The molecule has 0 aliphatic rings. The summed E-state index contributed by atoms with van der Waals surface area (Å²) < 4.78 is 16.0. The number of nitrogens with one attached hydrogen (secondary N) is 3. The van der Waals surface area contributed by atoms with Gasteiger partial charge in [0.15, 0.2) is 16.6 Å². The molecular weight excluding hydrogens is 406 g/mol. The van der Waals surface area contributed by atoms with Crippen LogP contribution in [0.4, 0.5) is 0 Å². The number of hydrazine groups is 1. The highest BCUT2D eigenvalue weighted by Gasteiger charge is 2.13. The summed E-state index contributed by atoms with van der Waals surface area (Å²) in [7, 11) is 2.98. The van der Waals surface area contributed by atoms with Gasteiger partial charge in [0, 0.05) is 11.1 Å². The predicted octanol–water partition coefficient (Wildman–Crippen LogP) is 2.83. The Balaban J connectivity index is 1.92. The van der Waals surface area contributed by atoms with E-state index in [1.165, 1.54) is 20.3 Å². The predicted molar refractivity (Wildman–Crippen MR) is 117 cm³/mol. The molecule has 2 aromatic rings. The molecule has 30 heavy (non-hydrogen) atoms. The van der Waals surface area contributed by atoms with Crippen LogP contribution in [0.2, 0.25) is 0 Å². The Morgan fingerprint density at radius 3 is 2.33 bits per heavy atom. The summed E-state index contributed by atoms with van der Waals surface area (Å²) in [5.41, 5.74) is 5.63. The van der Waals surface area contributed by atoms with Crippen molar-refractivity contribution in [2.45, 2.75) is 26.4 Å². The van der Waals surface area contributed by atoms with Gasteiger partial charge in [0.05, 0.1) is 20.3 Å². The Labute approximate surface area is 180 Å². The van der Waals surface area contributed by atoms with Crippen molar-refractivity contribution in [1.82, 2.24) is 16.2 Å². The van der Waals surface area contributed by atoms with Crippen LogP contribution in [0.5, 0.6) is 17.2 Å². The largest absolute Gasteiger partial charge is 0.493 e. The number of amides is 2. The van der Waals surface area contributed by atoms with Gasteiger partial charge in [-0.3, -0.25) is 25.8 Å². The first-order chi connectivity index (χ1) is 14.4. The summed E-state index contributed by atoms with van der Waals surface area (Å²) in [6.07, 6.45) is 0.891. The van der Waals surface area contributed by atoms with Crippen molar-refractivity contribution < 1.29 is 23.8 Å². The third-order valence-electron chi connectivity index (χ3n) is 4.17. The Bertz CT molecular complexity index is 919. The lowest BCUT2D eigenvalue weighted by atomic mass is 10.2. The first kappa shape index (κ1) is 23.0. The van der Waals surface area contributed by atoms with Gasteiger partial charge in [-0.15, -0.1) is 0 Å². The molecular formula is C21H25N3O5S. The SMILES string of the molecule is CCC(C)Oc1cccc(C(=O)NC(=S)NNC(=O)c2ccc(OC)c(OC)c2)c1. The quantitative estimate of drug-likeness (QED) is 0.458. The Morgan fingerprint density at radius 1 is 0.967 bits per heavy atom. The summed E-state index contributed by atoms with van der Waals surface area (Å²) in [4.78, 5) is 24.7. The van der Waals surface area contributed by atoms with E-state index in [-0.39, 0.29) is 11.2 Å². The number of hydrogen-bond donors (Lipinski definition) is 3. The second-order valence-corrected chi connectivity index (χ2v) is 6.70. The maximum Gasteiger partial charge on any atom is 0.269 e. The molecule has 2 aromatic carbocycles. The number of carbonyl (C=O) groups excluding carboxylic acids is 2. The highest BCUT2D eigenvalue weighted by Crippen LogP contribution is 2.27. The topological polar surface area (TPSA) is 97.9 Å². The Hall–Kier alpha value is -3.33. The first-order valence-corrected chi connectivity index (χ1v) is 9.69. The molecule has 3 N–H and O–H groups in total. The lowest BCUT2D eigenvalue weighted by Gasteiger charge is -2.14. The molecule has 8 nitrogen and oxygen atoms in total. The molecule has 0 aromatic heterocycles. The number of hydrogen-bond acceptors (Lipinski definition) is 6.